The van der Waals surface area contributed by atoms with Crippen molar-refractivity contribution in [1.82, 2.24) is 4.31 Å². The summed E-state index contributed by atoms with van der Waals surface area (Å²) < 4.78 is 51.0. The first kappa shape index (κ1) is 17.4. The number of hydrogen-bond donors (Lipinski definition) is 0. The van der Waals surface area contributed by atoms with Crippen molar-refractivity contribution in [2.75, 3.05) is 14.1 Å². The van der Waals surface area contributed by atoms with E-state index >= 15 is 0 Å². The molecule has 0 saturated carbocycles. The Labute approximate surface area is 131 Å². The molecule has 1 aromatic rings. The lowest BCUT2D eigenvalue weighted by atomic mass is 9.79. The van der Waals surface area contributed by atoms with Gasteiger partial charge in [0.1, 0.15) is 5.82 Å². The third kappa shape index (κ3) is 2.80. The topological polar surface area (TPSA) is 55.8 Å². The molecule has 0 unspecified atom stereocenters. The highest BCUT2D eigenvalue weighted by atomic mass is 32.2. The van der Waals surface area contributed by atoms with E-state index in [2.05, 4.69) is 0 Å². The Morgan fingerprint density at radius 1 is 1.09 bits per heavy atom. The standard InChI is InChI=1S/C14H21BFNO4S/c1-13(2)14(3,4)21-15(20-13)11-8-7-10(9-12(11)16)22(18,19)17(5)6/h7-9H,1-6H3. The molecule has 5 nitrogen and oxygen atoms in total. The van der Waals surface area contributed by atoms with Crippen LogP contribution in [0.4, 0.5) is 4.39 Å². The van der Waals surface area contributed by atoms with Crippen LogP contribution in [0.1, 0.15) is 27.7 Å². The molecule has 1 aliphatic heterocycles. The predicted molar refractivity (Wildman–Crippen MR) is 83.0 cm³/mol. The number of nitrogens with zero attached hydrogens (tertiary/aromatic N) is 1. The Hall–Kier alpha value is -0.955. The fourth-order valence-corrected chi connectivity index (χ4v) is 2.95. The number of hydrogen-bond acceptors (Lipinski definition) is 4. The molecule has 0 spiro atoms. The normalized spacial score (nSPS) is 20.6. The zero-order chi connectivity index (χ0) is 16.9. The molecule has 1 aromatic carbocycles. The van der Waals surface area contributed by atoms with E-state index in [0.717, 1.165) is 10.4 Å². The summed E-state index contributed by atoms with van der Waals surface area (Å²) >= 11 is 0. The van der Waals surface area contributed by atoms with Gasteiger partial charge in [0.15, 0.2) is 0 Å². The second-order valence-corrected chi connectivity index (χ2v) is 8.71. The van der Waals surface area contributed by atoms with Gasteiger partial charge in [0.2, 0.25) is 10.0 Å². The molecule has 122 valence electrons. The van der Waals surface area contributed by atoms with Gasteiger partial charge in [-0.2, -0.15) is 0 Å². The Bertz CT molecular complexity index is 672. The van der Waals surface area contributed by atoms with Crippen LogP contribution in [-0.4, -0.2) is 45.1 Å². The summed E-state index contributed by atoms with van der Waals surface area (Å²) in [5, 5.41) is 0. The van der Waals surface area contributed by atoms with E-state index in [9.17, 15) is 12.8 Å². The second kappa shape index (κ2) is 5.30. The average molecular weight is 329 g/mol. The van der Waals surface area contributed by atoms with Crippen molar-refractivity contribution < 1.29 is 22.1 Å². The second-order valence-electron chi connectivity index (χ2n) is 6.56. The highest BCUT2D eigenvalue weighted by Crippen LogP contribution is 2.36. The van der Waals surface area contributed by atoms with Gasteiger partial charge in [0.05, 0.1) is 16.1 Å². The summed E-state index contributed by atoms with van der Waals surface area (Å²) in [6, 6.07) is 3.75. The molecule has 0 aliphatic carbocycles. The van der Waals surface area contributed by atoms with Gasteiger partial charge < -0.3 is 9.31 Å². The van der Waals surface area contributed by atoms with E-state index in [0.29, 0.717) is 0 Å². The minimum absolute atomic E-state index is 0.102. The summed E-state index contributed by atoms with van der Waals surface area (Å²) in [4.78, 5) is -0.102. The van der Waals surface area contributed by atoms with Crippen molar-refractivity contribution in [3.05, 3.63) is 24.0 Å². The van der Waals surface area contributed by atoms with E-state index in [-0.39, 0.29) is 10.4 Å². The lowest BCUT2D eigenvalue weighted by Gasteiger charge is -2.32. The summed E-state index contributed by atoms with van der Waals surface area (Å²) in [5.74, 6) is -0.665. The SMILES string of the molecule is CN(C)S(=O)(=O)c1ccc(B2OC(C)(C)C(C)(C)O2)c(F)c1. The lowest BCUT2D eigenvalue weighted by molar-refractivity contribution is 0.00578. The first-order valence-electron chi connectivity index (χ1n) is 6.96. The molecule has 0 radical (unpaired) electrons. The molecule has 1 fully saturated rings. The third-order valence-electron chi connectivity index (χ3n) is 4.26. The zero-order valence-electron chi connectivity index (χ0n) is 13.7. The number of rotatable bonds is 3. The molecule has 22 heavy (non-hydrogen) atoms. The fraction of sp³-hybridized carbons (Fsp3) is 0.571. The minimum Gasteiger partial charge on any atom is -0.399 e. The van der Waals surface area contributed by atoms with Crippen molar-refractivity contribution in [2.24, 2.45) is 0 Å². The van der Waals surface area contributed by atoms with Gasteiger partial charge in [-0.15, -0.1) is 0 Å². The van der Waals surface area contributed by atoms with Crippen LogP contribution in [0, 0.1) is 5.82 Å². The van der Waals surface area contributed by atoms with Crippen LogP contribution >= 0.6 is 0 Å². The summed E-state index contributed by atoms with van der Waals surface area (Å²) in [7, 11) is -1.74. The maximum absolute atomic E-state index is 14.4. The molecule has 0 N–H and O–H groups in total. The molecule has 0 bridgehead atoms. The maximum Gasteiger partial charge on any atom is 0.497 e. The van der Waals surface area contributed by atoms with Gasteiger partial charge in [-0.3, -0.25) is 0 Å². The van der Waals surface area contributed by atoms with Crippen molar-refractivity contribution in [3.8, 4) is 0 Å². The van der Waals surface area contributed by atoms with Crippen LogP contribution in [0.3, 0.4) is 0 Å². The Morgan fingerprint density at radius 2 is 1.59 bits per heavy atom. The monoisotopic (exact) mass is 329 g/mol. The maximum atomic E-state index is 14.4. The van der Waals surface area contributed by atoms with Crippen LogP contribution in [0.15, 0.2) is 23.1 Å². The molecule has 1 saturated heterocycles. The molecule has 0 aromatic heterocycles. The zero-order valence-corrected chi connectivity index (χ0v) is 14.5. The number of sulfonamides is 1. The smallest absolute Gasteiger partial charge is 0.399 e. The lowest BCUT2D eigenvalue weighted by Crippen LogP contribution is -2.41. The largest absolute Gasteiger partial charge is 0.497 e. The summed E-state index contributed by atoms with van der Waals surface area (Å²) in [6.45, 7) is 7.48. The Morgan fingerprint density at radius 3 is 2.00 bits per heavy atom. The van der Waals surface area contributed by atoms with Crippen LogP contribution in [-0.2, 0) is 19.3 Å². The summed E-state index contributed by atoms with van der Waals surface area (Å²) in [6.07, 6.45) is 0. The first-order chi connectivity index (χ1) is 9.88. The molecule has 8 heteroatoms. The van der Waals surface area contributed by atoms with Gasteiger partial charge in [0, 0.05) is 19.6 Å². The number of halogens is 1. The van der Waals surface area contributed by atoms with E-state index < -0.39 is 34.2 Å². The molecule has 2 rings (SSSR count). The molecule has 0 atom stereocenters. The van der Waals surface area contributed by atoms with Gasteiger partial charge in [-0.05, 0) is 39.8 Å². The van der Waals surface area contributed by atoms with Crippen molar-refractivity contribution in [1.29, 1.82) is 0 Å². The number of benzene rings is 1. The van der Waals surface area contributed by atoms with Crippen LogP contribution < -0.4 is 5.46 Å². The third-order valence-corrected chi connectivity index (χ3v) is 6.07. The molecular weight excluding hydrogens is 308 g/mol. The van der Waals surface area contributed by atoms with Crippen molar-refractivity contribution in [3.63, 3.8) is 0 Å². The van der Waals surface area contributed by atoms with E-state index in [4.69, 9.17) is 9.31 Å². The Kier molecular flexibility index (Phi) is 4.19. The van der Waals surface area contributed by atoms with E-state index in [1.54, 1.807) is 0 Å². The van der Waals surface area contributed by atoms with Crippen LogP contribution in [0.5, 0.6) is 0 Å². The van der Waals surface area contributed by atoms with Gasteiger partial charge in [-0.1, -0.05) is 6.07 Å². The fourth-order valence-electron chi connectivity index (χ4n) is 2.04. The molecule has 1 aliphatic rings. The highest BCUT2D eigenvalue weighted by molar-refractivity contribution is 7.89. The van der Waals surface area contributed by atoms with Crippen molar-refractivity contribution >= 4 is 22.6 Å². The van der Waals surface area contributed by atoms with E-state index in [1.165, 1.54) is 26.2 Å². The summed E-state index contributed by atoms with van der Waals surface area (Å²) in [5.41, 5.74) is -0.979. The quantitative estimate of drug-likeness (QED) is 0.786. The Balaban J connectivity index is 2.37. The van der Waals surface area contributed by atoms with Gasteiger partial charge >= 0.3 is 7.12 Å². The van der Waals surface area contributed by atoms with Crippen molar-refractivity contribution in [2.45, 2.75) is 43.8 Å². The van der Waals surface area contributed by atoms with Crippen LogP contribution in [0.2, 0.25) is 0 Å². The minimum atomic E-state index is -3.67. The predicted octanol–water partition coefficient (Wildman–Crippen LogP) is 1.38. The molecule has 0 amide bonds. The average Bonchev–Trinajstić information content (AvgIpc) is 2.57. The highest BCUT2D eigenvalue weighted by Gasteiger charge is 2.52. The first-order valence-corrected chi connectivity index (χ1v) is 8.40. The molecule has 1 heterocycles. The van der Waals surface area contributed by atoms with E-state index in [1.807, 2.05) is 27.7 Å². The van der Waals surface area contributed by atoms with Gasteiger partial charge in [-0.25, -0.2) is 17.1 Å². The van der Waals surface area contributed by atoms with Gasteiger partial charge in [0.25, 0.3) is 0 Å². The van der Waals surface area contributed by atoms with Crippen LogP contribution in [0.25, 0.3) is 0 Å². The molecular formula is C14H21BFNO4S.